The Morgan fingerprint density at radius 2 is 2.00 bits per heavy atom. The maximum atomic E-state index is 5.32. The fourth-order valence-electron chi connectivity index (χ4n) is 3.12. The van der Waals surface area contributed by atoms with Crippen LogP contribution in [-0.4, -0.2) is 37.7 Å². The molecule has 1 N–H and O–H groups in total. The summed E-state index contributed by atoms with van der Waals surface area (Å²) in [6.07, 6.45) is 4.84. The third kappa shape index (κ3) is 3.66. The van der Waals surface area contributed by atoms with Gasteiger partial charge in [0.05, 0.1) is 7.11 Å². The second-order valence-corrected chi connectivity index (χ2v) is 5.63. The first-order valence-corrected chi connectivity index (χ1v) is 7.93. The molecule has 1 aliphatic heterocycles. The fourth-order valence-corrected chi connectivity index (χ4v) is 3.12. The van der Waals surface area contributed by atoms with Gasteiger partial charge in [0.15, 0.2) is 0 Å². The van der Waals surface area contributed by atoms with Gasteiger partial charge in [-0.3, -0.25) is 0 Å². The van der Waals surface area contributed by atoms with Crippen LogP contribution in [0.15, 0.2) is 18.2 Å². The summed E-state index contributed by atoms with van der Waals surface area (Å²) >= 11 is 0. The number of nitrogens with zero attached hydrogens (tertiary/aromatic N) is 1. The van der Waals surface area contributed by atoms with Crippen molar-refractivity contribution in [3.63, 3.8) is 0 Å². The molecule has 3 nitrogen and oxygen atoms in total. The van der Waals surface area contributed by atoms with Crippen molar-refractivity contribution in [1.82, 2.24) is 4.90 Å². The molecule has 112 valence electrons. The van der Waals surface area contributed by atoms with Crippen LogP contribution in [0.2, 0.25) is 0 Å². The average Bonchev–Trinajstić information content (AvgIpc) is 2.68. The van der Waals surface area contributed by atoms with Crippen LogP contribution in [0.25, 0.3) is 0 Å². The van der Waals surface area contributed by atoms with Crippen molar-refractivity contribution in [3.05, 3.63) is 23.8 Å². The molecule has 0 fully saturated rings. The molecule has 0 aromatic heterocycles. The van der Waals surface area contributed by atoms with Crippen LogP contribution in [0.5, 0.6) is 5.75 Å². The summed E-state index contributed by atoms with van der Waals surface area (Å²) in [5.41, 5.74) is 2.67. The summed E-state index contributed by atoms with van der Waals surface area (Å²) in [6.45, 7) is 8.02. The summed E-state index contributed by atoms with van der Waals surface area (Å²) < 4.78 is 5.32. The van der Waals surface area contributed by atoms with Gasteiger partial charge >= 0.3 is 0 Å². The largest absolute Gasteiger partial charge is 0.497 e. The molecule has 1 aromatic rings. The molecule has 0 saturated carbocycles. The first-order chi connectivity index (χ1) is 9.78. The van der Waals surface area contributed by atoms with Crippen molar-refractivity contribution < 1.29 is 4.74 Å². The van der Waals surface area contributed by atoms with Crippen LogP contribution in [0, 0.1) is 0 Å². The molecule has 0 saturated heterocycles. The van der Waals surface area contributed by atoms with E-state index in [1.165, 1.54) is 43.6 Å². The third-order valence-electron chi connectivity index (χ3n) is 4.10. The highest BCUT2D eigenvalue weighted by Gasteiger charge is 2.21. The van der Waals surface area contributed by atoms with Crippen molar-refractivity contribution in [3.8, 4) is 5.75 Å². The molecule has 1 aliphatic rings. The maximum Gasteiger partial charge on any atom is 0.120 e. The van der Waals surface area contributed by atoms with Crippen molar-refractivity contribution in [2.75, 3.05) is 32.1 Å². The predicted octanol–water partition coefficient (Wildman–Crippen LogP) is 3.54. The van der Waals surface area contributed by atoms with E-state index in [9.17, 15) is 0 Å². The van der Waals surface area contributed by atoms with Crippen molar-refractivity contribution in [1.29, 1.82) is 0 Å². The molecule has 1 aromatic carbocycles. The zero-order valence-electron chi connectivity index (χ0n) is 13.1. The second-order valence-electron chi connectivity index (χ2n) is 5.63. The Kier molecular flexibility index (Phi) is 5.72. The zero-order valence-corrected chi connectivity index (χ0v) is 13.1. The minimum Gasteiger partial charge on any atom is -0.497 e. The molecule has 0 bridgehead atoms. The molecule has 1 atom stereocenters. The van der Waals surface area contributed by atoms with E-state index >= 15 is 0 Å². The van der Waals surface area contributed by atoms with E-state index < -0.39 is 0 Å². The lowest BCUT2D eigenvalue weighted by Gasteiger charge is -2.30. The molecule has 1 heterocycles. The average molecular weight is 276 g/mol. The van der Waals surface area contributed by atoms with Gasteiger partial charge in [0.1, 0.15) is 5.75 Å². The van der Waals surface area contributed by atoms with Crippen LogP contribution in [0.1, 0.15) is 38.7 Å². The Morgan fingerprint density at radius 1 is 1.25 bits per heavy atom. The molecule has 2 rings (SSSR count). The minimum atomic E-state index is 0.664. The van der Waals surface area contributed by atoms with Crippen LogP contribution < -0.4 is 10.1 Å². The number of methoxy groups -OCH3 is 1. The standard InChI is InChI=1S/C17H28N2O/c1-4-10-19(11-5-2)15-8-9-18-17-13-16(20-3)7-6-14(17)12-15/h6-7,13,15,18H,4-5,8-12H2,1-3H3. The zero-order chi connectivity index (χ0) is 14.4. The van der Waals surface area contributed by atoms with E-state index in [2.05, 4.69) is 42.3 Å². The molecular formula is C17H28N2O. The third-order valence-corrected chi connectivity index (χ3v) is 4.10. The number of anilines is 1. The fraction of sp³-hybridized carbons (Fsp3) is 0.647. The normalized spacial score (nSPS) is 18.3. The van der Waals surface area contributed by atoms with Gasteiger partial charge < -0.3 is 15.0 Å². The van der Waals surface area contributed by atoms with E-state index in [4.69, 9.17) is 4.74 Å². The van der Waals surface area contributed by atoms with E-state index in [1.54, 1.807) is 7.11 Å². The lowest BCUT2D eigenvalue weighted by atomic mass is 10.0. The molecule has 0 aliphatic carbocycles. The lowest BCUT2D eigenvalue weighted by Crippen LogP contribution is -2.38. The van der Waals surface area contributed by atoms with Gasteiger partial charge in [-0.1, -0.05) is 19.9 Å². The quantitative estimate of drug-likeness (QED) is 0.860. The number of hydrogen-bond acceptors (Lipinski definition) is 3. The summed E-state index contributed by atoms with van der Waals surface area (Å²) in [5, 5.41) is 3.56. The van der Waals surface area contributed by atoms with E-state index in [1.807, 2.05) is 0 Å². The molecular weight excluding hydrogens is 248 g/mol. The highest BCUT2D eigenvalue weighted by atomic mass is 16.5. The monoisotopic (exact) mass is 276 g/mol. The number of rotatable bonds is 6. The summed E-state index contributed by atoms with van der Waals surface area (Å²) in [7, 11) is 1.73. The molecule has 20 heavy (non-hydrogen) atoms. The van der Waals surface area contributed by atoms with E-state index in [0.29, 0.717) is 6.04 Å². The molecule has 1 unspecified atom stereocenters. The van der Waals surface area contributed by atoms with Crippen molar-refractivity contribution in [2.24, 2.45) is 0 Å². The van der Waals surface area contributed by atoms with Gasteiger partial charge in [-0.05, 0) is 50.4 Å². The maximum absolute atomic E-state index is 5.32. The SMILES string of the molecule is CCCN(CCC)C1CCNc2cc(OC)ccc2C1. The number of benzene rings is 1. The van der Waals surface area contributed by atoms with Crippen LogP contribution in [0.4, 0.5) is 5.69 Å². The van der Waals surface area contributed by atoms with Gasteiger partial charge in [-0.25, -0.2) is 0 Å². The number of ether oxygens (including phenoxy) is 1. The van der Waals surface area contributed by atoms with Gasteiger partial charge in [0, 0.05) is 24.3 Å². The lowest BCUT2D eigenvalue weighted by molar-refractivity contribution is 0.189. The highest BCUT2D eigenvalue weighted by molar-refractivity contribution is 5.56. The van der Waals surface area contributed by atoms with E-state index in [-0.39, 0.29) is 0 Å². The smallest absolute Gasteiger partial charge is 0.120 e. The minimum absolute atomic E-state index is 0.664. The Bertz CT molecular complexity index is 413. The summed E-state index contributed by atoms with van der Waals surface area (Å²) in [4.78, 5) is 2.67. The topological polar surface area (TPSA) is 24.5 Å². The number of nitrogens with one attached hydrogen (secondary N) is 1. The predicted molar refractivity (Wildman–Crippen MR) is 85.7 cm³/mol. The Labute approximate surface area is 123 Å². The first-order valence-electron chi connectivity index (χ1n) is 7.93. The first kappa shape index (κ1) is 15.2. The number of fused-ring (bicyclic) bond motifs is 1. The van der Waals surface area contributed by atoms with Crippen molar-refractivity contribution in [2.45, 2.75) is 45.6 Å². The van der Waals surface area contributed by atoms with Crippen LogP contribution >= 0.6 is 0 Å². The molecule has 3 heteroatoms. The summed E-state index contributed by atoms with van der Waals surface area (Å²) in [6, 6.07) is 7.08. The second kappa shape index (κ2) is 7.53. The Balaban J connectivity index is 2.14. The van der Waals surface area contributed by atoms with Crippen LogP contribution in [-0.2, 0) is 6.42 Å². The molecule has 0 radical (unpaired) electrons. The van der Waals surface area contributed by atoms with Gasteiger partial charge in [-0.15, -0.1) is 0 Å². The molecule has 0 spiro atoms. The van der Waals surface area contributed by atoms with Crippen molar-refractivity contribution >= 4 is 5.69 Å². The highest BCUT2D eigenvalue weighted by Crippen LogP contribution is 2.28. The van der Waals surface area contributed by atoms with Crippen LogP contribution in [0.3, 0.4) is 0 Å². The van der Waals surface area contributed by atoms with E-state index in [0.717, 1.165) is 18.7 Å². The van der Waals surface area contributed by atoms with Gasteiger partial charge in [0.25, 0.3) is 0 Å². The van der Waals surface area contributed by atoms with Gasteiger partial charge in [0.2, 0.25) is 0 Å². The molecule has 0 amide bonds. The van der Waals surface area contributed by atoms with Gasteiger partial charge in [-0.2, -0.15) is 0 Å². The number of hydrogen-bond donors (Lipinski definition) is 1. The summed E-state index contributed by atoms with van der Waals surface area (Å²) in [5.74, 6) is 0.939. The Morgan fingerprint density at radius 3 is 2.65 bits per heavy atom. The Hall–Kier alpha value is -1.22.